The minimum Gasteiger partial charge on any atom is -0.493 e. The molecule has 0 fully saturated rings. The molecule has 0 aliphatic carbocycles. The van der Waals surface area contributed by atoms with Crippen LogP contribution in [0.4, 0.5) is 4.39 Å². The van der Waals surface area contributed by atoms with Gasteiger partial charge in [-0.05, 0) is 23.8 Å². The van der Waals surface area contributed by atoms with Gasteiger partial charge in [0.2, 0.25) is 0 Å². The maximum Gasteiger partial charge on any atom is 0.166 e. The summed E-state index contributed by atoms with van der Waals surface area (Å²) < 4.78 is 29.5. The molecule has 0 amide bonds. The van der Waals surface area contributed by atoms with E-state index in [1.54, 1.807) is 19.2 Å². The SMILES string of the molecule is COc1cccc(CNCCOCCO)c1OCc1ccc(F)cc1. The molecule has 0 radical (unpaired) electrons. The lowest BCUT2D eigenvalue weighted by Gasteiger charge is -2.16. The maximum absolute atomic E-state index is 13.0. The highest BCUT2D eigenvalue weighted by atomic mass is 19.1. The molecule has 0 bridgehead atoms. The maximum atomic E-state index is 13.0. The molecule has 0 heterocycles. The van der Waals surface area contributed by atoms with Gasteiger partial charge in [-0.15, -0.1) is 0 Å². The van der Waals surface area contributed by atoms with Crippen LogP contribution in [-0.2, 0) is 17.9 Å². The van der Waals surface area contributed by atoms with Gasteiger partial charge in [-0.25, -0.2) is 4.39 Å². The quantitative estimate of drug-likeness (QED) is 0.611. The van der Waals surface area contributed by atoms with Gasteiger partial charge in [0.05, 0.1) is 26.9 Å². The molecule has 0 unspecified atom stereocenters. The van der Waals surface area contributed by atoms with Gasteiger partial charge < -0.3 is 24.6 Å². The smallest absolute Gasteiger partial charge is 0.166 e. The van der Waals surface area contributed by atoms with Gasteiger partial charge in [-0.3, -0.25) is 0 Å². The third-order valence-electron chi connectivity index (χ3n) is 3.55. The highest BCUT2D eigenvalue weighted by Crippen LogP contribution is 2.31. The highest BCUT2D eigenvalue weighted by Gasteiger charge is 2.11. The van der Waals surface area contributed by atoms with E-state index >= 15 is 0 Å². The first-order chi connectivity index (χ1) is 12.2. The highest BCUT2D eigenvalue weighted by molar-refractivity contribution is 5.46. The zero-order chi connectivity index (χ0) is 17.9. The van der Waals surface area contributed by atoms with Crippen LogP contribution in [0.1, 0.15) is 11.1 Å². The Bertz CT molecular complexity index is 634. The van der Waals surface area contributed by atoms with Gasteiger partial charge in [0.25, 0.3) is 0 Å². The summed E-state index contributed by atoms with van der Waals surface area (Å²) in [5.41, 5.74) is 1.84. The van der Waals surface area contributed by atoms with Crippen LogP contribution in [0, 0.1) is 5.82 Å². The summed E-state index contributed by atoms with van der Waals surface area (Å²) in [6.07, 6.45) is 0. The van der Waals surface area contributed by atoms with Crippen molar-refractivity contribution in [3.8, 4) is 11.5 Å². The average Bonchev–Trinajstić information content (AvgIpc) is 2.64. The molecule has 2 aromatic carbocycles. The number of hydrogen-bond acceptors (Lipinski definition) is 5. The molecular formula is C19H24FNO4. The minimum absolute atomic E-state index is 0.0251. The molecule has 6 heteroatoms. The van der Waals surface area contributed by atoms with Crippen LogP contribution < -0.4 is 14.8 Å². The summed E-state index contributed by atoms with van der Waals surface area (Å²) in [5, 5.41) is 11.9. The second kappa shape index (κ2) is 10.7. The van der Waals surface area contributed by atoms with Crippen molar-refractivity contribution in [2.75, 3.05) is 33.5 Å². The molecule has 0 aliphatic heterocycles. The van der Waals surface area contributed by atoms with E-state index in [1.165, 1.54) is 12.1 Å². The fourth-order valence-corrected chi connectivity index (χ4v) is 2.30. The lowest BCUT2D eigenvalue weighted by molar-refractivity contribution is 0.0937. The number of nitrogens with one attached hydrogen (secondary N) is 1. The summed E-state index contributed by atoms with van der Waals surface area (Å²) in [4.78, 5) is 0. The fraction of sp³-hybridized carbons (Fsp3) is 0.368. The summed E-state index contributed by atoms with van der Waals surface area (Å²) in [6.45, 7) is 2.47. The number of para-hydroxylation sites is 1. The Morgan fingerprint density at radius 1 is 1.08 bits per heavy atom. The number of benzene rings is 2. The van der Waals surface area contributed by atoms with Crippen LogP contribution >= 0.6 is 0 Å². The number of methoxy groups -OCH3 is 1. The zero-order valence-electron chi connectivity index (χ0n) is 14.3. The van der Waals surface area contributed by atoms with Crippen molar-refractivity contribution in [2.45, 2.75) is 13.2 Å². The van der Waals surface area contributed by atoms with Gasteiger partial charge >= 0.3 is 0 Å². The molecule has 0 saturated carbocycles. The Kier molecular flexibility index (Phi) is 8.18. The van der Waals surface area contributed by atoms with E-state index in [0.29, 0.717) is 44.4 Å². The van der Waals surface area contributed by atoms with E-state index in [-0.39, 0.29) is 12.4 Å². The molecular weight excluding hydrogens is 325 g/mol. The molecule has 0 atom stereocenters. The van der Waals surface area contributed by atoms with Crippen LogP contribution in [0.2, 0.25) is 0 Å². The van der Waals surface area contributed by atoms with Crippen molar-refractivity contribution in [1.29, 1.82) is 0 Å². The molecule has 0 aromatic heterocycles. The second-order valence-corrected chi connectivity index (χ2v) is 5.38. The Hall–Kier alpha value is -2.15. The van der Waals surface area contributed by atoms with E-state index in [2.05, 4.69) is 5.32 Å². The van der Waals surface area contributed by atoms with Gasteiger partial charge in [0.15, 0.2) is 11.5 Å². The van der Waals surface area contributed by atoms with Crippen LogP contribution in [0.15, 0.2) is 42.5 Å². The molecule has 2 rings (SSSR count). The predicted molar refractivity (Wildman–Crippen MR) is 93.3 cm³/mol. The molecule has 136 valence electrons. The largest absolute Gasteiger partial charge is 0.493 e. The van der Waals surface area contributed by atoms with E-state index in [1.807, 2.05) is 18.2 Å². The Labute approximate surface area is 147 Å². The summed E-state index contributed by atoms with van der Waals surface area (Å²) in [5.74, 6) is 1.05. The summed E-state index contributed by atoms with van der Waals surface area (Å²) in [6, 6.07) is 11.9. The van der Waals surface area contributed by atoms with E-state index < -0.39 is 0 Å². The van der Waals surface area contributed by atoms with Crippen molar-refractivity contribution in [2.24, 2.45) is 0 Å². The van der Waals surface area contributed by atoms with Crippen molar-refractivity contribution in [3.05, 3.63) is 59.4 Å². The first-order valence-electron chi connectivity index (χ1n) is 8.17. The lowest BCUT2D eigenvalue weighted by atomic mass is 10.1. The lowest BCUT2D eigenvalue weighted by Crippen LogP contribution is -2.20. The van der Waals surface area contributed by atoms with Gasteiger partial charge in [0.1, 0.15) is 12.4 Å². The first-order valence-corrected chi connectivity index (χ1v) is 8.17. The van der Waals surface area contributed by atoms with Crippen molar-refractivity contribution < 1.29 is 23.7 Å². The third kappa shape index (κ3) is 6.34. The number of aliphatic hydroxyl groups excluding tert-OH is 1. The van der Waals surface area contributed by atoms with E-state index in [4.69, 9.17) is 19.3 Å². The van der Waals surface area contributed by atoms with Crippen LogP contribution in [-0.4, -0.2) is 38.6 Å². The van der Waals surface area contributed by atoms with Crippen molar-refractivity contribution in [3.63, 3.8) is 0 Å². The average molecular weight is 349 g/mol. The van der Waals surface area contributed by atoms with Crippen LogP contribution in [0.3, 0.4) is 0 Å². The topological polar surface area (TPSA) is 60.0 Å². The van der Waals surface area contributed by atoms with Crippen molar-refractivity contribution >= 4 is 0 Å². The van der Waals surface area contributed by atoms with Gasteiger partial charge in [-0.1, -0.05) is 24.3 Å². The monoisotopic (exact) mass is 349 g/mol. The number of ether oxygens (including phenoxy) is 3. The van der Waals surface area contributed by atoms with Crippen LogP contribution in [0.25, 0.3) is 0 Å². The van der Waals surface area contributed by atoms with Gasteiger partial charge in [-0.2, -0.15) is 0 Å². The first kappa shape index (κ1) is 19.2. The standard InChI is InChI=1S/C19H24FNO4/c1-23-18-4-2-3-16(13-21-9-11-24-12-10-22)19(18)25-14-15-5-7-17(20)8-6-15/h2-8,21-22H,9-14H2,1H3. The zero-order valence-corrected chi connectivity index (χ0v) is 14.3. The third-order valence-corrected chi connectivity index (χ3v) is 3.55. The molecule has 2 N–H and O–H groups in total. The van der Waals surface area contributed by atoms with E-state index in [0.717, 1.165) is 11.1 Å². The predicted octanol–water partition coefficient (Wildman–Crippen LogP) is 2.51. The minimum atomic E-state index is -0.269. The van der Waals surface area contributed by atoms with E-state index in [9.17, 15) is 4.39 Å². The second-order valence-electron chi connectivity index (χ2n) is 5.38. The summed E-state index contributed by atoms with van der Waals surface area (Å²) >= 11 is 0. The normalized spacial score (nSPS) is 10.7. The number of aliphatic hydroxyl groups is 1. The molecule has 25 heavy (non-hydrogen) atoms. The summed E-state index contributed by atoms with van der Waals surface area (Å²) in [7, 11) is 1.60. The Balaban J connectivity index is 1.96. The molecule has 2 aromatic rings. The van der Waals surface area contributed by atoms with Crippen molar-refractivity contribution in [1.82, 2.24) is 5.32 Å². The number of hydrogen-bond donors (Lipinski definition) is 2. The molecule has 0 aliphatic rings. The van der Waals surface area contributed by atoms with Crippen LogP contribution in [0.5, 0.6) is 11.5 Å². The Morgan fingerprint density at radius 2 is 1.88 bits per heavy atom. The molecule has 0 spiro atoms. The fourth-order valence-electron chi connectivity index (χ4n) is 2.30. The Morgan fingerprint density at radius 3 is 2.60 bits per heavy atom. The van der Waals surface area contributed by atoms with Gasteiger partial charge in [0, 0.05) is 18.7 Å². The number of rotatable bonds is 11. The molecule has 5 nitrogen and oxygen atoms in total. The number of halogens is 1. The molecule has 0 saturated heterocycles.